The first-order chi connectivity index (χ1) is 3.79. The molecule has 1 rings (SSSR count). The fourth-order valence-electron chi connectivity index (χ4n) is 1.29. The third kappa shape index (κ3) is 1.32. The van der Waals surface area contributed by atoms with Gasteiger partial charge in [0.1, 0.15) is 0 Å². The molecule has 46 valence electrons. The summed E-state index contributed by atoms with van der Waals surface area (Å²) in [5, 5.41) is 7.32. The molecule has 1 N–H and O–H groups in total. The molecule has 1 fully saturated rings. The highest BCUT2D eigenvalue weighted by Gasteiger charge is 2.11. The van der Waals surface area contributed by atoms with Gasteiger partial charge in [0.25, 0.3) is 0 Å². The molecule has 8 heavy (non-hydrogen) atoms. The van der Waals surface area contributed by atoms with Crippen LogP contribution in [0.25, 0.3) is 0 Å². The van der Waals surface area contributed by atoms with E-state index < -0.39 is 0 Å². The SMILES string of the molecule is CC1CCCC(=N)C1. The zero-order chi connectivity index (χ0) is 5.98. The van der Waals surface area contributed by atoms with Crippen LogP contribution >= 0.6 is 0 Å². The number of rotatable bonds is 0. The van der Waals surface area contributed by atoms with Crippen LogP contribution in [-0.4, -0.2) is 5.71 Å². The Morgan fingerprint density at radius 3 is 2.75 bits per heavy atom. The molecule has 1 aliphatic rings. The molecule has 1 unspecified atom stereocenters. The summed E-state index contributed by atoms with van der Waals surface area (Å²) in [6, 6.07) is 0. The second-order valence-corrected chi connectivity index (χ2v) is 2.81. The Kier molecular flexibility index (Phi) is 1.66. The molecule has 1 nitrogen and oxygen atoms in total. The molecule has 0 bridgehead atoms. The van der Waals surface area contributed by atoms with E-state index in [-0.39, 0.29) is 0 Å². The Hall–Kier alpha value is -0.330. The predicted molar refractivity (Wildman–Crippen MR) is 35.4 cm³/mol. The third-order valence-corrected chi connectivity index (χ3v) is 1.77. The van der Waals surface area contributed by atoms with Gasteiger partial charge in [-0.15, -0.1) is 0 Å². The summed E-state index contributed by atoms with van der Waals surface area (Å²) in [6.45, 7) is 2.23. The molecule has 0 aliphatic heterocycles. The Bertz CT molecular complexity index is 96.6. The van der Waals surface area contributed by atoms with Crippen LogP contribution in [0.2, 0.25) is 0 Å². The van der Waals surface area contributed by atoms with Gasteiger partial charge in [-0.3, -0.25) is 0 Å². The van der Waals surface area contributed by atoms with Crippen molar-refractivity contribution in [3.8, 4) is 0 Å². The van der Waals surface area contributed by atoms with E-state index in [9.17, 15) is 0 Å². The van der Waals surface area contributed by atoms with Crippen LogP contribution in [0.15, 0.2) is 0 Å². The van der Waals surface area contributed by atoms with E-state index >= 15 is 0 Å². The lowest BCUT2D eigenvalue weighted by Gasteiger charge is -2.17. The lowest BCUT2D eigenvalue weighted by Crippen LogP contribution is -2.10. The summed E-state index contributed by atoms with van der Waals surface area (Å²) in [5.74, 6) is 0.788. The largest absolute Gasteiger partial charge is 0.310 e. The second-order valence-electron chi connectivity index (χ2n) is 2.81. The molecule has 0 radical (unpaired) electrons. The molecule has 1 atom stereocenters. The Morgan fingerprint density at radius 1 is 1.62 bits per heavy atom. The van der Waals surface area contributed by atoms with Gasteiger partial charge in [0.15, 0.2) is 0 Å². The van der Waals surface area contributed by atoms with Gasteiger partial charge in [0.05, 0.1) is 0 Å². The summed E-state index contributed by atoms with van der Waals surface area (Å²) >= 11 is 0. The predicted octanol–water partition coefficient (Wildman–Crippen LogP) is 2.22. The van der Waals surface area contributed by atoms with Gasteiger partial charge in [0, 0.05) is 5.71 Å². The molecule has 0 heterocycles. The van der Waals surface area contributed by atoms with E-state index in [4.69, 9.17) is 5.41 Å². The molecule has 0 saturated heterocycles. The van der Waals surface area contributed by atoms with Crippen molar-refractivity contribution in [2.45, 2.75) is 32.6 Å². The van der Waals surface area contributed by atoms with Crippen molar-refractivity contribution in [2.75, 3.05) is 0 Å². The monoisotopic (exact) mass is 111 g/mol. The van der Waals surface area contributed by atoms with Crippen molar-refractivity contribution in [1.29, 1.82) is 5.41 Å². The minimum absolute atomic E-state index is 0.788. The third-order valence-electron chi connectivity index (χ3n) is 1.77. The van der Waals surface area contributed by atoms with Gasteiger partial charge in [-0.25, -0.2) is 0 Å². The van der Waals surface area contributed by atoms with Gasteiger partial charge in [-0.2, -0.15) is 0 Å². The smallest absolute Gasteiger partial charge is 0.00918 e. The quantitative estimate of drug-likeness (QED) is 0.495. The van der Waals surface area contributed by atoms with Crippen LogP contribution in [0.4, 0.5) is 0 Å². The molecule has 0 aromatic rings. The molecular formula is C7H13N. The van der Waals surface area contributed by atoms with E-state index in [1.165, 1.54) is 12.8 Å². The molecule has 0 aromatic heterocycles. The molecule has 1 aliphatic carbocycles. The van der Waals surface area contributed by atoms with Crippen molar-refractivity contribution < 1.29 is 0 Å². The topological polar surface area (TPSA) is 23.9 Å². The molecule has 0 spiro atoms. The Morgan fingerprint density at radius 2 is 2.38 bits per heavy atom. The average molecular weight is 111 g/mol. The molecule has 0 aromatic carbocycles. The maximum Gasteiger partial charge on any atom is 0.00918 e. The first-order valence-corrected chi connectivity index (χ1v) is 3.35. The van der Waals surface area contributed by atoms with Gasteiger partial charge >= 0.3 is 0 Å². The van der Waals surface area contributed by atoms with Crippen molar-refractivity contribution >= 4 is 5.71 Å². The molecular weight excluding hydrogens is 98.1 g/mol. The summed E-state index contributed by atoms with van der Waals surface area (Å²) in [4.78, 5) is 0. The van der Waals surface area contributed by atoms with E-state index in [0.29, 0.717) is 0 Å². The average Bonchev–Trinajstić information content (AvgIpc) is 1.64. The summed E-state index contributed by atoms with van der Waals surface area (Å²) in [6.07, 6.45) is 4.70. The van der Waals surface area contributed by atoms with E-state index in [2.05, 4.69) is 6.92 Å². The van der Waals surface area contributed by atoms with Crippen LogP contribution in [0.1, 0.15) is 32.6 Å². The Labute approximate surface area is 50.6 Å². The van der Waals surface area contributed by atoms with E-state index in [1.807, 2.05) is 0 Å². The van der Waals surface area contributed by atoms with Crippen molar-refractivity contribution in [2.24, 2.45) is 5.92 Å². The maximum absolute atomic E-state index is 7.32. The van der Waals surface area contributed by atoms with Crippen LogP contribution in [-0.2, 0) is 0 Å². The molecule has 1 heteroatoms. The van der Waals surface area contributed by atoms with E-state index in [1.54, 1.807) is 0 Å². The van der Waals surface area contributed by atoms with E-state index in [0.717, 1.165) is 24.5 Å². The first kappa shape index (κ1) is 5.80. The highest BCUT2D eigenvalue weighted by atomic mass is 14.4. The molecule has 0 amide bonds. The van der Waals surface area contributed by atoms with Gasteiger partial charge in [0.2, 0.25) is 0 Å². The normalized spacial score (nSPS) is 30.6. The van der Waals surface area contributed by atoms with Gasteiger partial charge in [-0.05, 0) is 31.6 Å². The minimum atomic E-state index is 0.788. The number of nitrogens with one attached hydrogen (secondary N) is 1. The van der Waals surface area contributed by atoms with Crippen LogP contribution in [0.3, 0.4) is 0 Å². The van der Waals surface area contributed by atoms with Crippen molar-refractivity contribution in [3.63, 3.8) is 0 Å². The zero-order valence-electron chi connectivity index (χ0n) is 5.41. The standard InChI is InChI=1S/C7H13N/c1-6-3-2-4-7(8)5-6/h6,8H,2-5H2,1H3. The highest BCUT2D eigenvalue weighted by Crippen LogP contribution is 2.19. The Balaban J connectivity index is 2.34. The van der Waals surface area contributed by atoms with Crippen LogP contribution in [0.5, 0.6) is 0 Å². The zero-order valence-corrected chi connectivity index (χ0v) is 5.41. The fourth-order valence-corrected chi connectivity index (χ4v) is 1.29. The summed E-state index contributed by atoms with van der Waals surface area (Å²) < 4.78 is 0. The van der Waals surface area contributed by atoms with Crippen LogP contribution in [0, 0.1) is 11.3 Å². The van der Waals surface area contributed by atoms with Crippen molar-refractivity contribution in [3.05, 3.63) is 0 Å². The molecule has 1 saturated carbocycles. The highest BCUT2D eigenvalue weighted by molar-refractivity contribution is 5.82. The fraction of sp³-hybridized carbons (Fsp3) is 0.857. The van der Waals surface area contributed by atoms with Gasteiger partial charge in [-0.1, -0.05) is 6.92 Å². The second kappa shape index (κ2) is 2.29. The van der Waals surface area contributed by atoms with Crippen molar-refractivity contribution in [1.82, 2.24) is 0 Å². The minimum Gasteiger partial charge on any atom is -0.310 e. The summed E-state index contributed by atoms with van der Waals surface area (Å²) in [5.41, 5.74) is 0.962. The first-order valence-electron chi connectivity index (χ1n) is 3.35. The number of hydrogen-bond acceptors (Lipinski definition) is 1. The van der Waals surface area contributed by atoms with Crippen LogP contribution < -0.4 is 0 Å². The summed E-state index contributed by atoms with van der Waals surface area (Å²) in [7, 11) is 0. The lowest BCUT2D eigenvalue weighted by molar-refractivity contribution is 0.498. The number of hydrogen-bond donors (Lipinski definition) is 1. The lowest BCUT2D eigenvalue weighted by atomic mass is 9.89. The maximum atomic E-state index is 7.32. The van der Waals surface area contributed by atoms with Gasteiger partial charge < -0.3 is 5.41 Å².